The van der Waals surface area contributed by atoms with E-state index in [4.69, 9.17) is 0 Å². The Morgan fingerprint density at radius 2 is 0.962 bits per heavy atom. The van der Waals surface area contributed by atoms with E-state index in [1.54, 1.807) is 0 Å². The van der Waals surface area contributed by atoms with Gasteiger partial charge in [-0.25, -0.2) is 33.7 Å². The standard InChI is InChI=1S/C22H16N4O16S5.5Na/c27-22-19(47(40,41)42)8-11-7-15(44(31,32)33)10-18(46(37,38)39)20(11)21(22)26-25-16-6-3-13(9-17(16)45(34,35)36)24-23-12-1-4-14(5-2-12)43(28,29)30;;;;;/h1-10,27H,(H,28,29,30)(H,31,32,33)(H,34,35,36)(H,37,38,39)(H,40,41,42);;;;;/q;5*+1/p-5. The van der Waals surface area contributed by atoms with Crippen LogP contribution < -0.4 is 153 Å². The molecule has 0 amide bonds. The van der Waals surface area contributed by atoms with Crippen LogP contribution in [0.15, 0.2) is 106 Å². The summed E-state index contributed by atoms with van der Waals surface area (Å²) in [6.07, 6.45) is 0. The summed E-state index contributed by atoms with van der Waals surface area (Å²) >= 11 is 0. The van der Waals surface area contributed by atoms with Crippen molar-refractivity contribution in [3.63, 3.8) is 0 Å². The second kappa shape index (κ2) is 20.4. The largest absolute Gasteiger partial charge is 1.00 e. The molecule has 30 heteroatoms. The van der Waals surface area contributed by atoms with E-state index in [9.17, 15) is 70.0 Å². The number of hydrogen-bond donors (Lipinski definition) is 1. The molecule has 0 unspecified atom stereocenters. The quantitative estimate of drug-likeness (QED) is 0.0927. The molecule has 0 bridgehead atoms. The van der Waals surface area contributed by atoms with Crippen molar-refractivity contribution in [2.45, 2.75) is 24.5 Å². The maximum absolute atomic E-state index is 13.0. The fourth-order valence-corrected chi connectivity index (χ4v) is 6.84. The van der Waals surface area contributed by atoms with E-state index < -0.39 is 103 Å². The van der Waals surface area contributed by atoms with Gasteiger partial charge in [0.2, 0.25) is 0 Å². The van der Waals surface area contributed by atoms with Gasteiger partial charge in [0.1, 0.15) is 46.2 Å². The molecule has 0 heterocycles. The molecule has 4 aromatic carbocycles. The van der Waals surface area contributed by atoms with Gasteiger partial charge in [0.15, 0.2) is 0 Å². The predicted octanol–water partition coefficient (Wildman–Crippen LogP) is -13.4. The van der Waals surface area contributed by atoms with Gasteiger partial charge in [-0.15, -0.1) is 5.11 Å². The fourth-order valence-electron chi connectivity index (χ4n) is 3.79. The molecule has 20 nitrogen and oxygen atoms in total. The summed E-state index contributed by atoms with van der Waals surface area (Å²) in [7, 11) is -27.0. The Bertz CT molecular complexity index is 2610. The first-order valence-electron chi connectivity index (χ1n) is 11.6. The molecule has 0 fully saturated rings. The van der Waals surface area contributed by atoms with E-state index in [-0.39, 0.29) is 171 Å². The third kappa shape index (κ3) is 13.7. The summed E-state index contributed by atoms with van der Waals surface area (Å²) in [6.45, 7) is 0. The average molecular weight is 863 g/mol. The zero-order chi connectivity index (χ0) is 35.3. The van der Waals surface area contributed by atoms with Crippen LogP contribution in [0.25, 0.3) is 10.8 Å². The molecule has 250 valence electrons. The van der Waals surface area contributed by atoms with Crippen molar-refractivity contribution in [3.05, 3.63) is 60.7 Å². The number of hydrogen-bond acceptors (Lipinski definition) is 19. The number of azo groups is 2. The van der Waals surface area contributed by atoms with Crippen LogP contribution in [-0.2, 0) is 50.6 Å². The average Bonchev–Trinajstić information content (AvgIpc) is 2.92. The normalized spacial score (nSPS) is 12.2. The van der Waals surface area contributed by atoms with Crippen LogP contribution >= 0.6 is 0 Å². The van der Waals surface area contributed by atoms with E-state index >= 15 is 0 Å². The molecule has 0 aliphatic carbocycles. The van der Waals surface area contributed by atoms with Crippen LogP contribution in [0.5, 0.6) is 5.75 Å². The van der Waals surface area contributed by atoms with Crippen molar-refractivity contribution in [2.24, 2.45) is 20.5 Å². The third-order valence-electron chi connectivity index (χ3n) is 5.78. The van der Waals surface area contributed by atoms with Gasteiger partial charge in [0.05, 0.1) is 41.5 Å². The molecule has 0 aromatic heterocycles. The minimum Gasteiger partial charge on any atom is -0.870 e. The Morgan fingerprint density at radius 1 is 0.481 bits per heavy atom. The van der Waals surface area contributed by atoms with E-state index in [0.717, 1.165) is 36.4 Å². The topological polar surface area (TPSA) is 356 Å². The van der Waals surface area contributed by atoms with Crippen molar-refractivity contribution in [2.75, 3.05) is 0 Å². The first-order valence-corrected chi connectivity index (χ1v) is 18.6. The second-order valence-corrected chi connectivity index (χ2v) is 15.8. The van der Waals surface area contributed by atoms with Crippen LogP contribution in [0, 0.1) is 0 Å². The fraction of sp³-hybridized carbons (Fsp3) is 0. The molecule has 0 spiro atoms. The number of nitrogens with zero attached hydrogens (tertiary/aromatic N) is 4. The van der Waals surface area contributed by atoms with Gasteiger partial charge < -0.3 is 23.3 Å². The Kier molecular flexibility index (Phi) is 21.5. The molecule has 0 aliphatic rings. The molecular weight excluding hydrogens is 852 g/mol. The van der Waals surface area contributed by atoms with Crippen molar-refractivity contribution >= 4 is 84.1 Å². The first-order chi connectivity index (χ1) is 21.4. The smallest absolute Gasteiger partial charge is 0.870 e. The zero-order valence-electron chi connectivity index (χ0n) is 27.2. The van der Waals surface area contributed by atoms with Crippen LogP contribution in [0.2, 0.25) is 0 Å². The van der Waals surface area contributed by atoms with Crippen molar-refractivity contribution in [1.29, 1.82) is 0 Å². The van der Waals surface area contributed by atoms with Gasteiger partial charge >= 0.3 is 148 Å². The Morgan fingerprint density at radius 3 is 1.42 bits per heavy atom. The van der Waals surface area contributed by atoms with E-state index in [1.165, 1.54) is 0 Å². The van der Waals surface area contributed by atoms with Gasteiger partial charge in [0, 0.05) is 5.39 Å². The molecule has 4 aromatic rings. The van der Waals surface area contributed by atoms with E-state index in [2.05, 4.69) is 20.5 Å². The maximum Gasteiger partial charge on any atom is 1.00 e. The Labute approximate surface area is 406 Å². The molecule has 0 aliphatic heterocycles. The second-order valence-electron chi connectivity index (χ2n) is 8.91. The van der Waals surface area contributed by atoms with Gasteiger partial charge in [0.25, 0.3) is 10.1 Å². The van der Waals surface area contributed by atoms with Crippen molar-refractivity contribution < 1.29 is 218 Å². The number of benzene rings is 4. The first kappa shape index (κ1) is 54.8. The van der Waals surface area contributed by atoms with Gasteiger partial charge in [-0.1, -0.05) is 5.75 Å². The molecular formula is C22H11N4Na5O16S5. The Balaban J connectivity index is 0. The maximum atomic E-state index is 13.0. The van der Waals surface area contributed by atoms with Crippen molar-refractivity contribution in [3.8, 4) is 5.75 Å². The van der Waals surface area contributed by atoms with Gasteiger partial charge in [-0.2, -0.15) is 23.8 Å². The minimum absolute atomic E-state index is 0. The zero-order valence-corrected chi connectivity index (χ0v) is 41.3. The van der Waals surface area contributed by atoms with E-state index in [0.29, 0.717) is 12.1 Å². The van der Waals surface area contributed by atoms with Crippen LogP contribution in [0.3, 0.4) is 0 Å². The van der Waals surface area contributed by atoms with E-state index in [1.807, 2.05) is 0 Å². The SMILES string of the molecule is O=S(=O)([O-])c1ccc(N=Nc2ccc(N=Nc3c([O-])c(S(=O)(=O)O)cc4cc(S(=O)(=O)[O-])cc(S(=O)(=O)[O-])c34)c(S(=O)(=O)[O-])c2)cc1.[Na+].[Na+].[Na+].[Na+].[Na+]. The molecule has 0 atom stereocenters. The number of fused-ring (bicyclic) bond motifs is 1. The van der Waals surface area contributed by atoms with Gasteiger partial charge in [-0.3, -0.25) is 4.55 Å². The van der Waals surface area contributed by atoms with Crippen LogP contribution in [0.1, 0.15) is 0 Å². The summed E-state index contributed by atoms with van der Waals surface area (Å²) in [5, 5.41) is 25.1. The number of rotatable bonds is 9. The monoisotopic (exact) mass is 862 g/mol. The Hall–Kier alpha value is 0.690. The summed E-state index contributed by atoms with van der Waals surface area (Å²) in [5.41, 5.74) is -2.62. The van der Waals surface area contributed by atoms with Crippen LogP contribution in [0.4, 0.5) is 22.7 Å². The summed E-state index contributed by atoms with van der Waals surface area (Å²) < 4.78 is 173. The molecule has 0 saturated carbocycles. The molecule has 1 N–H and O–H groups in total. The summed E-state index contributed by atoms with van der Waals surface area (Å²) in [5.74, 6) is -1.82. The molecule has 0 saturated heterocycles. The molecule has 0 radical (unpaired) electrons. The third-order valence-corrected chi connectivity index (χ3v) is 10.0. The van der Waals surface area contributed by atoms with Gasteiger partial charge in [-0.05, 0) is 66.0 Å². The molecule has 52 heavy (non-hydrogen) atoms. The summed E-state index contributed by atoms with van der Waals surface area (Å²) in [4.78, 5) is -6.26. The van der Waals surface area contributed by atoms with Crippen LogP contribution in [-0.4, -0.2) is 64.9 Å². The summed E-state index contributed by atoms with van der Waals surface area (Å²) in [6, 6.07) is 6.95. The van der Waals surface area contributed by atoms with Crippen molar-refractivity contribution in [1.82, 2.24) is 0 Å². The molecule has 4 rings (SSSR count). The predicted molar refractivity (Wildman–Crippen MR) is 146 cm³/mol. The minimum atomic E-state index is -5.78.